The van der Waals surface area contributed by atoms with E-state index in [9.17, 15) is 14.7 Å². The molecule has 0 aliphatic carbocycles. The third-order valence-corrected chi connectivity index (χ3v) is 5.54. The Hall–Kier alpha value is -4.65. The first-order valence-electron chi connectivity index (χ1n) is 10.6. The van der Waals surface area contributed by atoms with E-state index < -0.39 is 23.5 Å². The van der Waals surface area contributed by atoms with Crippen LogP contribution in [0.4, 0.5) is 5.69 Å². The number of aromatic nitrogens is 1. The summed E-state index contributed by atoms with van der Waals surface area (Å²) in [4.78, 5) is 31.9. The number of carbonyl (C=O) groups excluding carboxylic acids is 2. The van der Waals surface area contributed by atoms with E-state index in [-0.39, 0.29) is 11.3 Å². The number of hydrogen-bond donors (Lipinski definition) is 1. The quantitative estimate of drug-likeness (QED) is 0.385. The molecule has 1 aliphatic heterocycles. The van der Waals surface area contributed by atoms with Gasteiger partial charge >= 0.3 is 0 Å². The third kappa shape index (κ3) is 3.84. The first-order chi connectivity index (χ1) is 16.5. The van der Waals surface area contributed by atoms with Crippen molar-refractivity contribution in [1.29, 1.82) is 0 Å². The number of aliphatic hydroxyl groups is 1. The second-order valence-electron chi connectivity index (χ2n) is 7.85. The monoisotopic (exact) mass is 452 g/mol. The highest BCUT2D eigenvalue weighted by molar-refractivity contribution is 6.20. The summed E-state index contributed by atoms with van der Waals surface area (Å²) in [6.45, 7) is 1.98. The highest BCUT2D eigenvalue weighted by Gasteiger charge is 2.45. The number of carbonyl (C=O) groups is 2. The molecule has 34 heavy (non-hydrogen) atoms. The standard InChI is InChI=1S/C27H20N2O5/c1-17-5-2-7-21(15-17)34-20-11-9-19(10-12-20)29-24(18-6-3-13-28-16-18)23(26(31)27(29)32)25(30)22-8-4-14-33-22/h2-16,24,31H,1H3. The minimum absolute atomic E-state index is 0.0343. The van der Waals surface area contributed by atoms with Crippen LogP contribution in [0.25, 0.3) is 0 Å². The lowest BCUT2D eigenvalue weighted by Gasteiger charge is -2.26. The molecule has 0 spiro atoms. The van der Waals surface area contributed by atoms with Crippen LogP contribution in [0, 0.1) is 6.92 Å². The normalized spacial score (nSPS) is 15.6. The number of ether oxygens (including phenoxy) is 1. The molecule has 0 saturated heterocycles. The highest BCUT2D eigenvalue weighted by atomic mass is 16.5. The van der Waals surface area contributed by atoms with E-state index >= 15 is 0 Å². The number of nitrogens with zero attached hydrogens (tertiary/aromatic N) is 2. The van der Waals surface area contributed by atoms with E-state index in [1.807, 2.05) is 31.2 Å². The summed E-state index contributed by atoms with van der Waals surface area (Å²) < 4.78 is 11.1. The first kappa shape index (κ1) is 21.2. The second-order valence-corrected chi connectivity index (χ2v) is 7.85. The molecule has 4 aromatic rings. The summed E-state index contributed by atoms with van der Waals surface area (Å²) in [7, 11) is 0. The Balaban J connectivity index is 1.51. The summed E-state index contributed by atoms with van der Waals surface area (Å²) in [5.41, 5.74) is 2.08. The summed E-state index contributed by atoms with van der Waals surface area (Å²) in [5, 5.41) is 10.7. The van der Waals surface area contributed by atoms with Gasteiger partial charge in [0.25, 0.3) is 5.91 Å². The van der Waals surface area contributed by atoms with Gasteiger partial charge in [-0.05, 0) is 72.6 Å². The number of anilines is 1. The lowest BCUT2D eigenvalue weighted by Crippen LogP contribution is -2.31. The molecule has 3 heterocycles. The number of pyridine rings is 1. The average molecular weight is 452 g/mol. The van der Waals surface area contributed by atoms with Crippen LogP contribution in [0.3, 0.4) is 0 Å². The number of aryl methyl sites for hydroxylation is 1. The molecule has 0 radical (unpaired) electrons. The van der Waals surface area contributed by atoms with Crippen LogP contribution in [0.15, 0.2) is 107 Å². The molecular formula is C27H20N2O5. The number of amides is 1. The Morgan fingerprint density at radius 1 is 1.03 bits per heavy atom. The van der Waals surface area contributed by atoms with Gasteiger partial charge in [-0.15, -0.1) is 0 Å². The van der Waals surface area contributed by atoms with Crippen LogP contribution in [0.2, 0.25) is 0 Å². The molecule has 0 saturated carbocycles. The molecule has 2 aromatic carbocycles. The van der Waals surface area contributed by atoms with E-state index in [1.54, 1.807) is 54.9 Å². The molecule has 1 N–H and O–H groups in total. The number of rotatable bonds is 6. The summed E-state index contributed by atoms with van der Waals surface area (Å²) in [6.07, 6.45) is 4.53. The van der Waals surface area contributed by atoms with Crippen molar-refractivity contribution in [3.05, 3.63) is 120 Å². The molecule has 1 amide bonds. The predicted molar refractivity (Wildman–Crippen MR) is 125 cm³/mol. The highest BCUT2D eigenvalue weighted by Crippen LogP contribution is 2.42. The lowest BCUT2D eigenvalue weighted by atomic mass is 9.96. The Morgan fingerprint density at radius 2 is 1.85 bits per heavy atom. The van der Waals surface area contributed by atoms with Crippen molar-refractivity contribution in [2.75, 3.05) is 4.90 Å². The van der Waals surface area contributed by atoms with Gasteiger partial charge in [-0.25, -0.2) is 0 Å². The van der Waals surface area contributed by atoms with Gasteiger partial charge in [0.1, 0.15) is 11.5 Å². The smallest absolute Gasteiger partial charge is 0.294 e. The van der Waals surface area contributed by atoms with Gasteiger partial charge in [0, 0.05) is 18.1 Å². The van der Waals surface area contributed by atoms with Gasteiger partial charge in [-0.2, -0.15) is 0 Å². The molecule has 1 aliphatic rings. The van der Waals surface area contributed by atoms with E-state index in [0.29, 0.717) is 22.7 Å². The zero-order valence-corrected chi connectivity index (χ0v) is 18.2. The molecular weight excluding hydrogens is 432 g/mol. The molecule has 168 valence electrons. The van der Waals surface area contributed by atoms with Crippen LogP contribution in [-0.2, 0) is 4.79 Å². The van der Waals surface area contributed by atoms with Crippen LogP contribution in [0.5, 0.6) is 11.5 Å². The first-order valence-corrected chi connectivity index (χ1v) is 10.6. The fourth-order valence-electron chi connectivity index (χ4n) is 3.99. The lowest BCUT2D eigenvalue weighted by molar-refractivity contribution is -0.117. The molecule has 2 aromatic heterocycles. The zero-order chi connectivity index (χ0) is 23.7. The maximum absolute atomic E-state index is 13.2. The topological polar surface area (TPSA) is 92.9 Å². The van der Waals surface area contributed by atoms with Crippen LogP contribution in [0.1, 0.15) is 27.7 Å². The summed E-state index contributed by atoms with van der Waals surface area (Å²) >= 11 is 0. The van der Waals surface area contributed by atoms with Gasteiger partial charge in [-0.3, -0.25) is 19.5 Å². The molecule has 7 heteroatoms. The van der Waals surface area contributed by atoms with Crippen molar-refractivity contribution in [3.8, 4) is 11.5 Å². The van der Waals surface area contributed by atoms with Gasteiger partial charge in [0.15, 0.2) is 11.5 Å². The Kier molecular flexibility index (Phi) is 5.43. The molecule has 0 bridgehead atoms. The number of furan rings is 1. The second kappa shape index (κ2) is 8.71. The number of ketones is 1. The van der Waals surface area contributed by atoms with Gasteiger partial charge in [-0.1, -0.05) is 18.2 Å². The number of hydrogen-bond acceptors (Lipinski definition) is 6. The maximum Gasteiger partial charge on any atom is 0.294 e. The molecule has 0 fully saturated rings. The van der Waals surface area contributed by atoms with Crippen molar-refractivity contribution in [2.24, 2.45) is 0 Å². The SMILES string of the molecule is Cc1cccc(Oc2ccc(N3C(=O)C(O)=C(C(=O)c4ccco4)C3c3cccnc3)cc2)c1. The molecule has 7 nitrogen and oxygen atoms in total. The van der Waals surface area contributed by atoms with Crippen molar-refractivity contribution in [2.45, 2.75) is 13.0 Å². The summed E-state index contributed by atoms with van der Waals surface area (Å²) in [6, 6.07) is 20.2. The van der Waals surface area contributed by atoms with Crippen molar-refractivity contribution < 1.29 is 23.8 Å². The summed E-state index contributed by atoms with van der Waals surface area (Å²) in [5.74, 6) is -0.545. The molecule has 1 unspecified atom stereocenters. The van der Waals surface area contributed by atoms with E-state index in [0.717, 1.165) is 5.56 Å². The van der Waals surface area contributed by atoms with Gasteiger partial charge in [0.2, 0.25) is 5.78 Å². The molecule has 1 atom stereocenters. The van der Waals surface area contributed by atoms with Crippen molar-refractivity contribution in [1.82, 2.24) is 4.98 Å². The Labute approximate surface area is 195 Å². The number of benzene rings is 2. The number of aliphatic hydroxyl groups excluding tert-OH is 1. The van der Waals surface area contributed by atoms with Crippen LogP contribution >= 0.6 is 0 Å². The zero-order valence-electron chi connectivity index (χ0n) is 18.2. The van der Waals surface area contributed by atoms with E-state index in [1.165, 1.54) is 17.2 Å². The van der Waals surface area contributed by atoms with Crippen molar-refractivity contribution in [3.63, 3.8) is 0 Å². The fourth-order valence-corrected chi connectivity index (χ4v) is 3.99. The fraction of sp³-hybridized carbons (Fsp3) is 0.0741. The Morgan fingerprint density at radius 3 is 2.53 bits per heavy atom. The van der Waals surface area contributed by atoms with Crippen LogP contribution in [-0.4, -0.2) is 21.8 Å². The Bertz CT molecular complexity index is 1380. The average Bonchev–Trinajstić information content (AvgIpc) is 3.47. The third-order valence-electron chi connectivity index (χ3n) is 5.54. The predicted octanol–water partition coefficient (Wildman–Crippen LogP) is 5.56. The van der Waals surface area contributed by atoms with Crippen LogP contribution < -0.4 is 9.64 Å². The van der Waals surface area contributed by atoms with E-state index in [2.05, 4.69) is 4.98 Å². The van der Waals surface area contributed by atoms with Crippen molar-refractivity contribution >= 4 is 17.4 Å². The van der Waals surface area contributed by atoms with Gasteiger partial charge in [0.05, 0.1) is 17.9 Å². The van der Waals surface area contributed by atoms with Gasteiger partial charge < -0.3 is 14.3 Å². The number of Topliss-reactive ketones (excluding diaryl/α,β-unsaturated/α-hetero) is 1. The van der Waals surface area contributed by atoms with E-state index in [4.69, 9.17) is 9.15 Å². The largest absolute Gasteiger partial charge is 0.503 e. The minimum Gasteiger partial charge on any atom is -0.503 e. The minimum atomic E-state index is -0.873. The molecule has 5 rings (SSSR count). The maximum atomic E-state index is 13.2.